The Balaban J connectivity index is 1.49. The average molecular weight is 275 g/mol. The fraction of sp³-hybridized carbons (Fsp3) is 0.647. The number of nitrogens with one attached hydrogen (secondary N) is 1. The second-order valence-electron chi connectivity index (χ2n) is 6.05. The number of hydrogen-bond acceptors (Lipinski definition) is 3. The third kappa shape index (κ3) is 3.33. The molecule has 1 heterocycles. The fourth-order valence-corrected chi connectivity index (χ4v) is 3.34. The number of ether oxygens (including phenoxy) is 2. The topological polar surface area (TPSA) is 30.5 Å². The van der Waals surface area contributed by atoms with E-state index in [1.165, 1.54) is 36.8 Å². The predicted molar refractivity (Wildman–Crippen MR) is 80.4 cm³/mol. The number of aryl methyl sites for hydroxylation is 1. The summed E-state index contributed by atoms with van der Waals surface area (Å²) >= 11 is 0. The number of hydrogen-bond donors (Lipinski definition) is 1. The van der Waals surface area contributed by atoms with Crippen molar-refractivity contribution >= 4 is 0 Å². The lowest BCUT2D eigenvalue weighted by Crippen LogP contribution is -2.35. The zero-order valence-corrected chi connectivity index (χ0v) is 12.4. The fourth-order valence-electron chi connectivity index (χ4n) is 3.34. The highest BCUT2D eigenvalue weighted by atomic mass is 16.5. The second kappa shape index (κ2) is 6.59. The molecule has 0 bridgehead atoms. The summed E-state index contributed by atoms with van der Waals surface area (Å²) in [6.45, 7) is 3.05. The SMILES string of the molecule is COc1ccc2c(c1)CC(NCCC1CCOC1)CC2. The molecule has 1 saturated heterocycles. The lowest BCUT2D eigenvalue weighted by Gasteiger charge is -2.26. The van der Waals surface area contributed by atoms with Crippen LogP contribution in [0.15, 0.2) is 18.2 Å². The summed E-state index contributed by atoms with van der Waals surface area (Å²) in [7, 11) is 1.74. The molecule has 1 aliphatic carbocycles. The number of benzene rings is 1. The minimum Gasteiger partial charge on any atom is -0.497 e. The Labute approximate surface area is 121 Å². The lowest BCUT2D eigenvalue weighted by molar-refractivity contribution is 0.184. The monoisotopic (exact) mass is 275 g/mol. The van der Waals surface area contributed by atoms with Crippen molar-refractivity contribution in [2.75, 3.05) is 26.9 Å². The molecule has 20 heavy (non-hydrogen) atoms. The molecule has 0 radical (unpaired) electrons. The van der Waals surface area contributed by atoms with E-state index in [9.17, 15) is 0 Å². The normalized spacial score (nSPS) is 25.4. The van der Waals surface area contributed by atoms with Crippen LogP contribution in [0.3, 0.4) is 0 Å². The first kappa shape index (κ1) is 13.9. The molecule has 1 N–H and O–H groups in total. The van der Waals surface area contributed by atoms with Gasteiger partial charge in [-0.25, -0.2) is 0 Å². The molecule has 1 aromatic rings. The van der Waals surface area contributed by atoms with Crippen LogP contribution in [-0.2, 0) is 17.6 Å². The minimum atomic E-state index is 0.622. The van der Waals surface area contributed by atoms with Gasteiger partial charge >= 0.3 is 0 Å². The zero-order valence-electron chi connectivity index (χ0n) is 12.4. The summed E-state index contributed by atoms with van der Waals surface area (Å²) < 4.78 is 10.8. The Morgan fingerprint density at radius 2 is 2.25 bits per heavy atom. The van der Waals surface area contributed by atoms with E-state index >= 15 is 0 Å². The molecule has 1 aromatic carbocycles. The molecule has 2 atom stereocenters. The van der Waals surface area contributed by atoms with Gasteiger partial charge in [-0.3, -0.25) is 0 Å². The molecular formula is C17H25NO2. The van der Waals surface area contributed by atoms with Crippen LogP contribution in [0.1, 0.15) is 30.4 Å². The van der Waals surface area contributed by atoms with Gasteiger partial charge in [0.15, 0.2) is 0 Å². The van der Waals surface area contributed by atoms with E-state index in [1.54, 1.807) is 7.11 Å². The number of rotatable bonds is 5. The summed E-state index contributed by atoms with van der Waals surface area (Å²) in [5.74, 6) is 1.76. The smallest absolute Gasteiger partial charge is 0.119 e. The number of methoxy groups -OCH3 is 1. The first-order valence-electron chi connectivity index (χ1n) is 7.82. The van der Waals surface area contributed by atoms with Crippen LogP contribution in [-0.4, -0.2) is 32.9 Å². The molecule has 110 valence electrons. The van der Waals surface area contributed by atoms with Crippen molar-refractivity contribution in [3.63, 3.8) is 0 Å². The van der Waals surface area contributed by atoms with Gasteiger partial charge in [-0.1, -0.05) is 6.07 Å². The van der Waals surface area contributed by atoms with Crippen molar-refractivity contribution < 1.29 is 9.47 Å². The summed E-state index contributed by atoms with van der Waals surface area (Å²) in [5.41, 5.74) is 2.95. The Kier molecular flexibility index (Phi) is 4.58. The van der Waals surface area contributed by atoms with Gasteiger partial charge in [0.05, 0.1) is 7.11 Å². The molecule has 1 fully saturated rings. The lowest BCUT2D eigenvalue weighted by atomic mass is 9.88. The molecule has 0 spiro atoms. The van der Waals surface area contributed by atoms with E-state index in [1.807, 2.05) is 0 Å². The van der Waals surface area contributed by atoms with Gasteiger partial charge in [0.2, 0.25) is 0 Å². The van der Waals surface area contributed by atoms with Crippen LogP contribution in [0.5, 0.6) is 5.75 Å². The summed E-state index contributed by atoms with van der Waals surface area (Å²) in [5, 5.41) is 3.73. The average Bonchev–Trinajstić information content (AvgIpc) is 3.00. The van der Waals surface area contributed by atoms with Crippen LogP contribution >= 0.6 is 0 Å². The van der Waals surface area contributed by atoms with E-state index in [4.69, 9.17) is 9.47 Å². The van der Waals surface area contributed by atoms with Gasteiger partial charge in [0.25, 0.3) is 0 Å². The molecular weight excluding hydrogens is 250 g/mol. The van der Waals surface area contributed by atoms with E-state index in [2.05, 4.69) is 23.5 Å². The maximum Gasteiger partial charge on any atom is 0.119 e. The van der Waals surface area contributed by atoms with Gasteiger partial charge in [-0.15, -0.1) is 0 Å². The van der Waals surface area contributed by atoms with Gasteiger partial charge in [-0.05, 0) is 67.8 Å². The van der Waals surface area contributed by atoms with Crippen molar-refractivity contribution in [2.24, 2.45) is 5.92 Å². The van der Waals surface area contributed by atoms with Crippen molar-refractivity contribution in [3.05, 3.63) is 29.3 Å². The van der Waals surface area contributed by atoms with Gasteiger partial charge < -0.3 is 14.8 Å². The van der Waals surface area contributed by atoms with Crippen LogP contribution in [0.2, 0.25) is 0 Å². The van der Waals surface area contributed by atoms with E-state index < -0.39 is 0 Å². The largest absolute Gasteiger partial charge is 0.497 e. The second-order valence-corrected chi connectivity index (χ2v) is 6.05. The summed E-state index contributed by atoms with van der Waals surface area (Å²) in [4.78, 5) is 0. The quantitative estimate of drug-likeness (QED) is 0.896. The Morgan fingerprint density at radius 1 is 1.30 bits per heavy atom. The maximum atomic E-state index is 5.43. The van der Waals surface area contributed by atoms with Crippen molar-refractivity contribution in [1.29, 1.82) is 0 Å². The summed E-state index contributed by atoms with van der Waals surface area (Å²) in [6, 6.07) is 7.12. The van der Waals surface area contributed by atoms with Gasteiger partial charge in [-0.2, -0.15) is 0 Å². The molecule has 2 unspecified atom stereocenters. The summed E-state index contributed by atoms with van der Waals surface area (Å²) in [6.07, 6.45) is 6.06. The molecule has 3 rings (SSSR count). The Bertz CT molecular complexity index is 441. The molecule has 1 aliphatic heterocycles. The van der Waals surface area contributed by atoms with E-state index in [-0.39, 0.29) is 0 Å². The highest BCUT2D eigenvalue weighted by molar-refractivity contribution is 5.37. The van der Waals surface area contributed by atoms with Crippen LogP contribution in [0.25, 0.3) is 0 Å². The molecule has 0 saturated carbocycles. The molecule has 0 amide bonds. The first-order chi connectivity index (χ1) is 9.85. The standard InChI is InChI=1S/C17H25NO2/c1-19-17-5-3-14-2-4-16(10-15(14)11-17)18-8-6-13-7-9-20-12-13/h3,5,11,13,16,18H,2,4,6-10,12H2,1H3. The first-order valence-corrected chi connectivity index (χ1v) is 7.82. The Morgan fingerprint density at radius 3 is 3.05 bits per heavy atom. The Hall–Kier alpha value is -1.06. The molecule has 0 aromatic heterocycles. The predicted octanol–water partition coefficient (Wildman–Crippen LogP) is 2.57. The highest BCUT2D eigenvalue weighted by Crippen LogP contribution is 2.25. The maximum absolute atomic E-state index is 5.43. The molecule has 3 nitrogen and oxygen atoms in total. The number of fused-ring (bicyclic) bond motifs is 1. The van der Waals surface area contributed by atoms with Crippen molar-refractivity contribution in [3.8, 4) is 5.75 Å². The third-order valence-corrected chi connectivity index (χ3v) is 4.65. The van der Waals surface area contributed by atoms with E-state index in [0.29, 0.717) is 6.04 Å². The van der Waals surface area contributed by atoms with Gasteiger partial charge in [0.1, 0.15) is 5.75 Å². The molecule has 2 aliphatic rings. The van der Waals surface area contributed by atoms with Gasteiger partial charge in [0, 0.05) is 19.3 Å². The minimum absolute atomic E-state index is 0.622. The van der Waals surface area contributed by atoms with Crippen molar-refractivity contribution in [2.45, 2.75) is 38.1 Å². The van der Waals surface area contributed by atoms with E-state index in [0.717, 1.165) is 37.8 Å². The zero-order chi connectivity index (χ0) is 13.8. The van der Waals surface area contributed by atoms with Crippen LogP contribution in [0, 0.1) is 5.92 Å². The van der Waals surface area contributed by atoms with Crippen molar-refractivity contribution in [1.82, 2.24) is 5.32 Å². The van der Waals surface area contributed by atoms with Crippen LogP contribution in [0.4, 0.5) is 0 Å². The van der Waals surface area contributed by atoms with Crippen LogP contribution < -0.4 is 10.1 Å². The highest BCUT2D eigenvalue weighted by Gasteiger charge is 2.20. The third-order valence-electron chi connectivity index (χ3n) is 4.65. The molecule has 3 heteroatoms.